The molecule has 4 N–H and O–H groups in total. The third-order valence-electron chi connectivity index (χ3n) is 5.19. The Hall–Kier alpha value is -0.510. The van der Waals surface area contributed by atoms with Crippen LogP contribution in [-0.4, -0.2) is 44.7 Å². The van der Waals surface area contributed by atoms with Gasteiger partial charge >= 0.3 is 5.97 Å². The van der Waals surface area contributed by atoms with Crippen LogP contribution >= 0.6 is 43.2 Å². The Morgan fingerprint density at radius 3 is 2.69 bits per heavy atom. The van der Waals surface area contributed by atoms with E-state index < -0.39 is 24.3 Å². The standard InChI is InChI=1S/C21H28Br2O5S/c22-17-11-14(29-21(17)23)9-7-13(24)8-10-16-15(18(25)12-19(16)26)5-3-1-2-4-6-20(27)28/h1,3,8,10-11,13,15-16,18-19,24-26H,2,4-7,9,12H2,(H,27,28)/b3-1-,10-8+/t13-,15+,16+,18-,19+/m0/s1. The number of unbranched alkanes of at least 4 members (excludes halogenated alkanes) is 1. The van der Waals surface area contributed by atoms with Gasteiger partial charge in [-0.05, 0) is 75.9 Å². The van der Waals surface area contributed by atoms with E-state index in [-0.39, 0.29) is 18.3 Å². The average molecular weight is 552 g/mol. The summed E-state index contributed by atoms with van der Waals surface area (Å²) < 4.78 is 2.06. The summed E-state index contributed by atoms with van der Waals surface area (Å²) >= 11 is 8.57. The lowest BCUT2D eigenvalue weighted by Crippen LogP contribution is -2.20. The van der Waals surface area contributed by atoms with Crippen molar-refractivity contribution in [3.63, 3.8) is 0 Å². The molecular weight excluding hydrogens is 524 g/mol. The highest BCUT2D eigenvalue weighted by Gasteiger charge is 2.39. The third-order valence-corrected chi connectivity index (χ3v) is 8.51. The van der Waals surface area contributed by atoms with Gasteiger partial charge in [0.15, 0.2) is 0 Å². The molecule has 1 aliphatic carbocycles. The highest BCUT2D eigenvalue weighted by Crippen LogP contribution is 2.36. The Bertz CT molecular complexity index is 698. The number of carboxylic acids is 1. The molecule has 2 rings (SSSR count). The summed E-state index contributed by atoms with van der Waals surface area (Å²) in [4.78, 5) is 11.7. The molecule has 162 valence electrons. The van der Waals surface area contributed by atoms with E-state index in [9.17, 15) is 20.1 Å². The van der Waals surface area contributed by atoms with E-state index in [0.717, 1.165) is 14.7 Å². The molecule has 0 saturated heterocycles. The maximum atomic E-state index is 10.5. The lowest BCUT2D eigenvalue weighted by atomic mass is 9.89. The topological polar surface area (TPSA) is 98.0 Å². The van der Waals surface area contributed by atoms with Gasteiger partial charge in [-0.1, -0.05) is 24.3 Å². The molecule has 5 nitrogen and oxygen atoms in total. The molecule has 29 heavy (non-hydrogen) atoms. The molecule has 5 atom stereocenters. The van der Waals surface area contributed by atoms with Crippen LogP contribution < -0.4 is 0 Å². The van der Waals surface area contributed by atoms with Crippen molar-refractivity contribution < 1.29 is 25.2 Å². The molecule has 1 heterocycles. The van der Waals surface area contributed by atoms with Crippen LogP contribution in [0, 0.1) is 11.8 Å². The van der Waals surface area contributed by atoms with Gasteiger partial charge in [0.1, 0.15) is 0 Å². The first-order valence-electron chi connectivity index (χ1n) is 9.81. The van der Waals surface area contributed by atoms with Gasteiger partial charge in [-0.3, -0.25) is 4.79 Å². The fourth-order valence-electron chi connectivity index (χ4n) is 3.61. The van der Waals surface area contributed by atoms with Crippen LogP contribution in [0.4, 0.5) is 0 Å². The van der Waals surface area contributed by atoms with Crippen LogP contribution in [-0.2, 0) is 11.2 Å². The predicted octanol–water partition coefficient (Wildman–Crippen LogP) is 4.68. The first-order valence-corrected chi connectivity index (χ1v) is 12.2. The quantitative estimate of drug-likeness (QED) is 0.236. The van der Waals surface area contributed by atoms with Crippen LogP contribution in [0.5, 0.6) is 0 Å². The monoisotopic (exact) mass is 550 g/mol. The zero-order valence-corrected chi connectivity index (χ0v) is 20.1. The molecular formula is C21H28Br2O5S. The zero-order chi connectivity index (χ0) is 21.4. The molecule has 0 spiro atoms. The fraction of sp³-hybridized carbons (Fsp3) is 0.571. The Labute approximate surface area is 192 Å². The summed E-state index contributed by atoms with van der Waals surface area (Å²) in [6, 6.07) is 2.04. The smallest absolute Gasteiger partial charge is 0.303 e. The SMILES string of the molecule is O=C(O)CCC/C=C\C[C@@H]1[C@@H](/C=C/[C@@H](O)CCc2cc(Br)c(Br)s2)[C@H](O)C[C@@H]1O. The van der Waals surface area contributed by atoms with Crippen LogP contribution in [0.2, 0.25) is 0 Å². The van der Waals surface area contributed by atoms with Gasteiger partial charge in [0.2, 0.25) is 0 Å². The highest BCUT2D eigenvalue weighted by atomic mass is 79.9. The Morgan fingerprint density at radius 1 is 1.28 bits per heavy atom. The number of carboxylic acid groups (broad SMARTS) is 1. The van der Waals surface area contributed by atoms with E-state index in [1.807, 2.05) is 24.3 Å². The molecule has 0 amide bonds. The summed E-state index contributed by atoms with van der Waals surface area (Å²) in [5.41, 5.74) is 0. The van der Waals surface area contributed by atoms with Crippen molar-refractivity contribution >= 4 is 49.2 Å². The number of allylic oxidation sites excluding steroid dienone is 2. The van der Waals surface area contributed by atoms with Crippen LogP contribution in [0.15, 0.2) is 38.6 Å². The molecule has 8 heteroatoms. The van der Waals surface area contributed by atoms with Crippen molar-refractivity contribution in [2.45, 2.75) is 63.3 Å². The van der Waals surface area contributed by atoms with Gasteiger partial charge < -0.3 is 20.4 Å². The minimum atomic E-state index is -0.796. The van der Waals surface area contributed by atoms with Gasteiger partial charge in [-0.15, -0.1) is 11.3 Å². The second kappa shape index (κ2) is 12.4. The van der Waals surface area contributed by atoms with Gasteiger partial charge in [-0.25, -0.2) is 0 Å². The first-order chi connectivity index (χ1) is 13.8. The lowest BCUT2D eigenvalue weighted by Gasteiger charge is -2.19. The summed E-state index contributed by atoms with van der Waals surface area (Å²) in [6.45, 7) is 0. The molecule has 1 fully saturated rings. The van der Waals surface area contributed by atoms with Crippen molar-refractivity contribution in [1.29, 1.82) is 0 Å². The predicted molar refractivity (Wildman–Crippen MR) is 122 cm³/mol. The van der Waals surface area contributed by atoms with Crippen molar-refractivity contribution in [3.05, 3.63) is 43.5 Å². The second-order valence-corrected chi connectivity index (χ2v) is 10.7. The molecule has 1 saturated carbocycles. The fourth-order valence-corrected chi connectivity index (χ4v) is 5.80. The van der Waals surface area contributed by atoms with E-state index in [4.69, 9.17) is 5.11 Å². The van der Waals surface area contributed by atoms with E-state index in [1.54, 1.807) is 17.4 Å². The largest absolute Gasteiger partial charge is 0.481 e. The molecule has 0 aliphatic heterocycles. The van der Waals surface area contributed by atoms with Gasteiger partial charge in [0, 0.05) is 28.1 Å². The van der Waals surface area contributed by atoms with Gasteiger partial charge in [0.25, 0.3) is 0 Å². The number of halogens is 2. The minimum absolute atomic E-state index is 0.103. The normalized spacial score (nSPS) is 26.0. The van der Waals surface area contributed by atoms with Crippen molar-refractivity contribution in [1.82, 2.24) is 0 Å². The molecule has 1 aromatic heterocycles. The average Bonchev–Trinajstić information content (AvgIpc) is 3.11. The Morgan fingerprint density at radius 2 is 2.03 bits per heavy atom. The summed E-state index contributed by atoms with van der Waals surface area (Å²) in [5.74, 6) is -1.10. The van der Waals surface area contributed by atoms with E-state index in [2.05, 4.69) is 31.9 Å². The zero-order valence-electron chi connectivity index (χ0n) is 16.1. The summed E-state index contributed by atoms with van der Waals surface area (Å²) in [6.07, 6.45) is 9.39. The maximum Gasteiger partial charge on any atom is 0.303 e. The summed E-state index contributed by atoms with van der Waals surface area (Å²) in [7, 11) is 0. The molecule has 0 bridgehead atoms. The van der Waals surface area contributed by atoms with Crippen molar-refractivity contribution in [3.8, 4) is 0 Å². The first kappa shape index (κ1) is 24.8. The van der Waals surface area contributed by atoms with E-state index in [1.165, 1.54) is 4.88 Å². The van der Waals surface area contributed by atoms with Crippen molar-refractivity contribution in [2.24, 2.45) is 11.8 Å². The highest BCUT2D eigenvalue weighted by molar-refractivity contribution is 9.13. The number of aliphatic carboxylic acids is 1. The number of aliphatic hydroxyl groups excluding tert-OH is 3. The lowest BCUT2D eigenvalue weighted by molar-refractivity contribution is -0.137. The molecule has 1 aliphatic rings. The summed E-state index contributed by atoms with van der Waals surface area (Å²) in [5, 5.41) is 39.5. The number of aryl methyl sites for hydroxylation is 1. The van der Waals surface area contributed by atoms with Gasteiger partial charge in [-0.2, -0.15) is 0 Å². The van der Waals surface area contributed by atoms with Gasteiger partial charge in [0.05, 0.1) is 22.1 Å². The number of thiophene rings is 1. The number of hydrogen-bond donors (Lipinski definition) is 4. The number of carbonyl (C=O) groups is 1. The molecule has 0 unspecified atom stereocenters. The Kier molecular flexibility index (Phi) is 10.6. The van der Waals surface area contributed by atoms with Crippen molar-refractivity contribution in [2.75, 3.05) is 0 Å². The minimum Gasteiger partial charge on any atom is -0.481 e. The molecule has 0 aromatic carbocycles. The number of aliphatic hydroxyl groups is 3. The third kappa shape index (κ3) is 8.26. The maximum absolute atomic E-state index is 10.5. The number of rotatable bonds is 11. The number of hydrogen-bond acceptors (Lipinski definition) is 5. The van der Waals surface area contributed by atoms with E-state index in [0.29, 0.717) is 32.1 Å². The van der Waals surface area contributed by atoms with Crippen LogP contribution in [0.1, 0.15) is 43.4 Å². The van der Waals surface area contributed by atoms with E-state index >= 15 is 0 Å². The van der Waals surface area contributed by atoms with Crippen LogP contribution in [0.3, 0.4) is 0 Å². The molecule has 1 aromatic rings. The Balaban J connectivity index is 1.83. The second-order valence-electron chi connectivity index (χ2n) is 7.43. The molecule has 0 radical (unpaired) electrons. The van der Waals surface area contributed by atoms with Crippen LogP contribution in [0.25, 0.3) is 0 Å².